The fourth-order valence-corrected chi connectivity index (χ4v) is 4.54. The molecule has 0 saturated heterocycles. The lowest BCUT2D eigenvalue weighted by Gasteiger charge is -2.12. The number of nitrogens with one attached hydrogen (secondary N) is 3. The average Bonchev–Trinajstić information content (AvgIpc) is 3.67. The number of benzene rings is 1. The Balaban J connectivity index is 1.35. The van der Waals surface area contributed by atoms with E-state index in [9.17, 15) is 19.2 Å². The number of thioether (sulfide) groups is 1. The van der Waals surface area contributed by atoms with Crippen molar-refractivity contribution in [2.24, 2.45) is 0 Å². The van der Waals surface area contributed by atoms with Crippen molar-refractivity contribution in [3.63, 3.8) is 0 Å². The molecule has 2 saturated carbocycles. The molecule has 0 unspecified atom stereocenters. The van der Waals surface area contributed by atoms with Gasteiger partial charge in [0, 0.05) is 17.6 Å². The number of anilines is 1. The third-order valence-corrected chi connectivity index (χ3v) is 6.96. The van der Waals surface area contributed by atoms with Gasteiger partial charge in [0.15, 0.2) is 5.65 Å². The van der Waals surface area contributed by atoms with Crippen LogP contribution in [0.3, 0.4) is 0 Å². The Labute approximate surface area is 198 Å². The van der Waals surface area contributed by atoms with Crippen molar-refractivity contribution < 1.29 is 9.59 Å². The second-order valence-electron chi connectivity index (χ2n) is 8.81. The number of hydrogen-bond donors (Lipinski definition) is 3. The number of imide groups is 1. The number of nitrogens with zero attached hydrogens (tertiary/aromatic N) is 3. The molecule has 0 aliphatic heterocycles. The first-order valence-electron chi connectivity index (χ1n) is 11.2. The Morgan fingerprint density at radius 2 is 1.88 bits per heavy atom. The topological polar surface area (TPSA) is 139 Å². The monoisotopic (exact) mass is 480 g/mol. The number of fused-ring (bicyclic) bond motifs is 1. The number of aromatic nitrogens is 4. The van der Waals surface area contributed by atoms with Gasteiger partial charge in [-0.15, -0.1) is 0 Å². The highest BCUT2D eigenvalue weighted by Crippen LogP contribution is 2.40. The maximum atomic E-state index is 12.7. The van der Waals surface area contributed by atoms with Gasteiger partial charge < -0.3 is 5.32 Å². The third kappa shape index (κ3) is 4.60. The lowest BCUT2D eigenvalue weighted by atomic mass is 10.1. The van der Waals surface area contributed by atoms with E-state index in [1.54, 1.807) is 6.07 Å². The van der Waals surface area contributed by atoms with E-state index in [-0.39, 0.29) is 23.1 Å². The van der Waals surface area contributed by atoms with Gasteiger partial charge in [-0.2, -0.15) is 0 Å². The molecular weight excluding hydrogens is 456 g/mol. The largest absolute Gasteiger partial charge is 0.330 e. The number of urea groups is 1. The molecule has 2 aliphatic carbocycles. The number of H-pyrrole nitrogens is 1. The maximum Gasteiger partial charge on any atom is 0.330 e. The van der Waals surface area contributed by atoms with Crippen LogP contribution in [-0.2, 0) is 4.79 Å². The van der Waals surface area contributed by atoms with Crippen molar-refractivity contribution >= 4 is 40.4 Å². The van der Waals surface area contributed by atoms with Gasteiger partial charge in [-0.1, -0.05) is 17.8 Å². The molecule has 2 fully saturated rings. The van der Waals surface area contributed by atoms with E-state index < -0.39 is 23.2 Å². The molecule has 3 aromatic rings. The second-order valence-corrected chi connectivity index (χ2v) is 9.77. The van der Waals surface area contributed by atoms with E-state index >= 15 is 0 Å². The van der Waals surface area contributed by atoms with Crippen molar-refractivity contribution in [2.75, 3.05) is 11.1 Å². The molecule has 0 spiro atoms. The number of aromatic amines is 1. The Morgan fingerprint density at radius 1 is 1.12 bits per heavy atom. The summed E-state index contributed by atoms with van der Waals surface area (Å²) in [4.78, 5) is 61.3. The number of carbonyl (C=O) groups is 2. The lowest BCUT2D eigenvalue weighted by molar-refractivity contribution is -0.117. The van der Waals surface area contributed by atoms with Gasteiger partial charge in [-0.25, -0.2) is 19.6 Å². The van der Waals surface area contributed by atoms with Crippen LogP contribution in [0.2, 0.25) is 0 Å². The van der Waals surface area contributed by atoms with E-state index in [4.69, 9.17) is 0 Å². The van der Waals surface area contributed by atoms with Crippen LogP contribution in [0.25, 0.3) is 11.0 Å². The molecule has 1 aromatic carbocycles. The Morgan fingerprint density at radius 3 is 2.56 bits per heavy atom. The van der Waals surface area contributed by atoms with E-state index in [0.29, 0.717) is 22.2 Å². The summed E-state index contributed by atoms with van der Waals surface area (Å²) in [5.41, 5.74) is 1.98. The normalized spacial score (nSPS) is 15.4. The van der Waals surface area contributed by atoms with Gasteiger partial charge in [0.2, 0.25) is 5.91 Å². The highest BCUT2D eigenvalue weighted by Gasteiger charge is 2.32. The van der Waals surface area contributed by atoms with Crippen molar-refractivity contribution in [1.82, 2.24) is 24.8 Å². The van der Waals surface area contributed by atoms with Gasteiger partial charge >= 0.3 is 11.7 Å². The average molecular weight is 481 g/mol. The molecule has 2 heterocycles. The van der Waals surface area contributed by atoms with E-state index in [1.807, 2.05) is 26.0 Å². The number of amides is 3. The molecule has 0 bridgehead atoms. The van der Waals surface area contributed by atoms with Crippen LogP contribution in [-0.4, -0.2) is 37.2 Å². The summed E-state index contributed by atoms with van der Waals surface area (Å²) >= 11 is 1.05. The van der Waals surface area contributed by atoms with Gasteiger partial charge in [0.05, 0.1) is 5.75 Å². The first-order chi connectivity index (χ1) is 16.3. The smallest absolute Gasteiger partial charge is 0.308 e. The SMILES string of the molecule is Cc1ccc(NC(=O)NC(=O)CSc2nc(C3CC3)nc3c2c(=O)[nH]c(=O)n3C2CC2)cc1C. The molecule has 3 N–H and O–H groups in total. The number of hydrogen-bond acceptors (Lipinski definition) is 7. The van der Waals surface area contributed by atoms with Crippen molar-refractivity contribution in [3.05, 3.63) is 56.0 Å². The molecule has 11 heteroatoms. The standard InChI is InChI=1S/C23H24N6O4S/c1-11-3-6-14(9-12(11)2)24-22(32)25-16(30)10-34-21-17-19(26-18(27-21)13-4-5-13)29(15-7-8-15)23(33)28-20(17)31/h3,6,9,13,15H,4-5,7-8,10H2,1-2H3,(H,28,31,33)(H2,24,25,30,32). The summed E-state index contributed by atoms with van der Waals surface area (Å²) in [6, 6.07) is 4.86. The fraction of sp³-hybridized carbons (Fsp3) is 0.391. The first kappa shape index (κ1) is 22.3. The molecule has 176 valence electrons. The molecule has 0 radical (unpaired) electrons. The van der Waals surface area contributed by atoms with Crippen LogP contribution in [0.15, 0.2) is 32.8 Å². The van der Waals surface area contributed by atoms with Gasteiger partial charge in [-0.05, 0) is 62.8 Å². The van der Waals surface area contributed by atoms with Crippen molar-refractivity contribution in [2.45, 2.75) is 56.5 Å². The van der Waals surface area contributed by atoms with Crippen molar-refractivity contribution in [1.29, 1.82) is 0 Å². The predicted molar refractivity (Wildman–Crippen MR) is 128 cm³/mol. The number of aryl methyl sites for hydroxylation is 2. The zero-order valence-corrected chi connectivity index (χ0v) is 19.6. The summed E-state index contributed by atoms with van der Waals surface area (Å²) in [5, 5.41) is 5.49. The maximum absolute atomic E-state index is 12.7. The van der Waals surface area contributed by atoms with Gasteiger partial charge in [0.25, 0.3) is 5.56 Å². The van der Waals surface area contributed by atoms with Gasteiger partial charge in [-0.3, -0.25) is 24.5 Å². The number of rotatable bonds is 6. The molecule has 10 nitrogen and oxygen atoms in total. The van der Waals surface area contributed by atoms with Crippen LogP contribution < -0.4 is 21.9 Å². The van der Waals surface area contributed by atoms with Crippen LogP contribution in [0, 0.1) is 13.8 Å². The molecular formula is C23H24N6O4S. The Kier molecular flexibility index (Phi) is 5.72. The van der Waals surface area contributed by atoms with E-state index in [2.05, 4.69) is 25.6 Å². The Hall–Kier alpha value is -3.47. The molecule has 5 rings (SSSR count). The van der Waals surface area contributed by atoms with Crippen LogP contribution in [0.5, 0.6) is 0 Å². The first-order valence-corrected chi connectivity index (χ1v) is 12.2. The van der Waals surface area contributed by atoms with E-state index in [1.165, 1.54) is 4.57 Å². The van der Waals surface area contributed by atoms with E-state index in [0.717, 1.165) is 48.6 Å². The molecule has 0 atom stereocenters. The molecule has 3 amide bonds. The van der Waals surface area contributed by atoms with Crippen LogP contribution in [0.1, 0.15) is 54.6 Å². The molecule has 34 heavy (non-hydrogen) atoms. The molecule has 2 aromatic heterocycles. The van der Waals surface area contributed by atoms with Crippen molar-refractivity contribution in [3.8, 4) is 0 Å². The quantitative estimate of drug-likeness (QED) is 0.364. The summed E-state index contributed by atoms with van der Waals surface area (Å²) in [6.45, 7) is 3.91. The fourth-order valence-electron chi connectivity index (χ4n) is 3.71. The lowest BCUT2D eigenvalue weighted by Crippen LogP contribution is -2.35. The highest BCUT2D eigenvalue weighted by atomic mass is 32.2. The second kappa shape index (κ2) is 8.71. The zero-order chi connectivity index (χ0) is 24.0. The van der Waals surface area contributed by atoms with Crippen LogP contribution in [0.4, 0.5) is 10.5 Å². The number of carbonyl (C=O) groups excluding carboxylic acids is 2. The Bertz CT molecular complexity index is 1440. The minimum absolute atomic E-state index is 0.0176. The zero-order valence-electron chi connectivity index (χ0n) is 18.8. The third-order valence-electron chi connectivity index (χ3n) is 5.98. The summed E-state index contributed by atoms with van der Waals surface area (Å²) < 4.78 is 1.53. The predicted octanol–water partition coefficient (Wildman–Crippen LogP) is 2.75. The summed E-state index contributed by atoms with van der Waals surface area (Å²) in [6.07, 6.45) is 3.60. The van der Waals surface area contributed by atoms with Gasteiger partial charge in [0.1, 0.15) is 16.2 Å². The summed E-state index contributed by atoms with van der Waals surface area (Å²) in [5.74, 6) is 0.127. The minimum Gasteiger partial charge on any atom is -0.308 e. The molecule has 2 aliphatic rings. The highest BCUT2D eigenvalue weighted by molar-refractivity contribution is 8.00. The minimum atomic E-state index is -0.638. The summed E-state index contributed by atoms with van der Waals surface area (Å²) in [7, 11) is 0. The van der Waals surface area contributed by atoms with Crippen LogP contribution >= 0.6 is 11.8 Å².